The van der Waals surface area contributed by atoms with Crippen LogP contribution in [0.2, 0.25) is 0 Å². The number of ether oxygens (including phenoxy) is 1. The fourth-order valence-corrected chi connectivity index (χ4v) is 7.05. The lowest BCUT2D eigenvalue weighted by Gasteiger charge is -2.35. The van der Waals surface area contributed by atoms with Crippen LogP contribution in [0.5, 0.6) is 5.75 Å². The van der Waals surface area contributed by atoms with Gasteiger partial charge in [0.2, 0.25) is 11.8 Å². The number of rotatable bonds is 24. The van der Waals surface area contributed by atoms with Gasteiger partial charge in [-0.2, -0.15) is 0 Å². The molecule has 3 N–H and O–H groups in total. The standard InChI is InChI=1S/C22H29NO2S.C18H36N2O2/c1-3-13-23(14-12-19-8-6-15-26-19)18-10-11-20-17(16-18)7-5-9-21(20)25-22(24)4-2;1-2-16-20-18(22)15-13-11-9-7-5-3-4-6-8-10-12-14-17(19)21/h5-9,15,18H,3-4,10-14,16H2,1-2H3;2-16H2,1H3,(H2,19,21)(H,20,22)/t18-;/m1./s1. The van der Waals surface area contributed by atoms with Crippen LogP contribution >= 0.6 is 11.3 Å². The lowest BCUT2D eigenvalue weighted by Crippen LogP contribution is -2.41. The van der Waals surface area contributed by atoms with E-state index >= 15 is 0 Å². The molecule has 0 bridgehead atoms. The van der Waals surface area contributed by atoms with Crippen LogP contribution in [0.25, 0.3) is 0 Å². The third-order valence-electron chi connectivity index (χ3n) is 9.08. The molecule has 48 heavy (non-hydrogen) atoms. The molecule has 0 saturated carbocycles. The van der Waals surface area contributed by atoms with Crippen molar-refractivity contribution in [2.75, 3.05) is 19.6 Å². The van der Waals surface area contributed by atoms with Gasteiger partial charge in [-0.15, -0.1) is 11.3 Å². The molecule has 270 valence electrons. The zero-order valence-corrected chi connectivity index (χ0v) is 31.2. The van der Waals surface area contributed by atoms with Crippen molar-refractivity contribution < 1.29 is 19.1 Å². The molecule has 1 atom stereocenters. The lowest BCUT2D eigenvalue weighted by molar-refractivity contribution is -0.134. The van der Waals surface area contributed by atoms with Gasteiger partial charge in [0, 0.05) is 43.3 Å². The van der Waals surface area contributed by atoms with E-state index in [1.807, 2.05) is 30.4 Å². The van der Waals surface area contributed by atoms with Gasteiger partial charge in [-0.3, -0.25) is 19.3 Å². The molecule has 8 heteroatoms. The SMILES string of the molecule is CCCN(CCc1cccs1)[C@@H]1CCc2c(cccc2OC(=O)CC)C1.CCCNC(=O)CCCCCCCCCCCCCC(N)=O. The maximum Gasteiger partial charge on any atom is 0.310 e. The Labute approximate surface area is 295 Å². The smallest absolute Gasteiger partial charge is 0.310 e. The molecule has 1 aromatic heterocycles. The van der Waals surface area contributed by atoms with E-state index in [4.69, 9.17) is 10.5 Å². The zero-order valence-electron chi connectivity index (χ0n) is 30.4. The van der Waals surface area contributed by atoms with Gasteiger partial charge in [-0.1, -0.05) is 96.8 Å². The summed E-state index contributed by atoms with van der Waals surface area (Å²) in [7, 11) is 0. The summed E-state index contributed by atoms with van der Waals surface area (Å²) in [4.78, 5) is 37.8. The molecule has 1 heterocycles. The fourth-order valence-electron chi connectivity index (χ4n) is 6.36. The maximum atomic E-state index is 11.7. The second-order valence-electron chi connectivity index (χ2n) is 13.2. The number of nitrogens with zero attached hydrogens (tertiary/aromatic N) is 1. The monoisotopic (exact) mass is 683 g/mol. The van der Waals surface area contributed by atoms with Crippen LogP contribution in [-0.4, -0.2) is 48.4 Å². The van der Waals surface area contributed by atoms with E-state index in [-0.39, 0.29) is 17.8 Å². The van der Waals surface area contributed by atoms with E-state index in [0.717, 1.165) is 76.8 Å². The number of thiophene rings is 1. The fraction of sp³-hybridized carbons (Fsp3) is 0.675. The molecule has 2 aromatic rings. The van der Waals surface area contributed by atoms with Gasteiger partial charge in [-0.05, 0) is 86.6 Å². The summed E-state index contributed by atoms with van der Waals surface area (Å²) >= 11 is 1.85. The Bertz CT molecular complexity index is 1150. The first-order chi connectivity index (χ1) is 23.4. The van der Waals surface area contributed by atoms with Gasteiger partial charge in [0.15, 0.2) is 0 Å². The normalized spacial score (nSPS) is 13.8. The van der Waals surface area contributed by atoms with Crippen molar-refractivity contribution in [1.29, 1.82) is 0 Å². The minimum absolute atomic E-state index is 0.149. The Morgan fingerprint density at radius 1 is 0.854 bits per heavy atom. The van der Waals surface area contributed by atoms with Crippen LogP contribution in [0.15, 0.2) is 35.7 Å². The molecule has 0 saturated heterocycles. The number of esters is 1. The van der Waals surface area contributed by atoms with Gasteiger partial charge >= 0.3 is 5.97 Å². The Hall–Kier alpha value is -2.71. The number of hydrogen-bond donors (Lipinski definition) is 2. The summed E-state index contributed by atoms with van der Waals surface area (Å²) in [6.45, 7) is 9.25. The van der Waals surface area contributed by atoms with Crippen LogP contribution in [0.3, 0.4) is 0 Å². The van der Waals surface area contributed by atoms with Crippen molar-refractivity contribution in [3.05, 3.63) is 51.7 Å². The van der Waals surface area contributed by atoms with E-state index in [0.29, 0.717) is 25.3 Å². The number of benzene rings is 1. The van der Waals surface area contributed by atoms with Crippen molar-refractivity contribution in [2.24, 2.45) is 5.73 Å². The molecule has 1 aliphatic rings. The van der Waals surface area contributed by atoms with Crippen molar-refractivity contribution in [3.63, 3.8) is 0 Å². The molecule has 3 rings (SSSR count). The van der Waals surface area contributed by atoms with Gasteiger partial charge in [0.1, 0.15) is 5.75 Å². The van der Waals surface area contributed by atoms with Crippen LogP contribution in [0.4, 0.5) is 0 Å². The summed E-state index contributed by atoms with van der Waals surface area (Å²) in [5.74, 6) is 0.651. The van der Waals surface area contributed by atoms with Gasteiger partial charge in [0.05, 0.1) is 0 Å². The van der Waals surface area contributed by atoms with Crippen LogP contribution in [0, 0.1) is 0 Å². The highest BCUT2D eigenvalue weighted by Gasteiger charge is 2.26. The molecule has 7 nitrogen and oxygen atoms in total. The number of hydrogen-bond acceptors (Lipinski definition) is 6. The Balaban J connectivity index is 0.000000340. The van der Waals surface area contributed by atoms with E-state index in [1.165, 1.54) is 73.8 Å². The van der Waals surface area contributed by atoms with Crippen LogP contribution in [-0.2, 0) is 33.6 Å². The molecular formula is C40H65N3O4S. The predicted molar refractivity (Wildman–Crippen MR) is 201 cm³/mol. The highest BCUT2D eigenvalue weighted by molar-refractivity contribution is 7.09. The highest BCUT2D eigenvalue weighted by atomic mass is 32.1. The van der Waals surface area contributed by atoms with Gasteiger partial charge < -0.3 is 15.8 Å². The molecular weight excluding hydrogens is 619 g/mol. The highest BCUT2D eigenvalue weighted by Crippen LogP contribution is 2.32. The maximum absolute atomic E-state index is 11.7. The largest absolute Gasteiger partial charge is 0.426 e. The number of unbranched alkanes of at least 4 members (excludes halogenated alkanes) is 10. The van der Waals surface area contributed by atoms with E-state index in [9.17, 15) is 14.4 Å². The first-order valence-corrected chi connectivity index (χ1v) is 19.9. The summed E-state index contributed by atoms with van der Waals surface area (Å²) in [6.07, 6.45) is 21.4. The first-order valence-electron chi connectivity index (χ1n) is 19.0. The first kappa shape index (κ1) is 41.5. The molecule has 2 amide bonds. The van der Waals surface area contributed by atoms with Crippen molar-refractivity contribution >= 4 is 29.1 Å². The van der Waals surface area contributed by atoms with Crippen LogP contribution < -0.4 is 15.8 Å². The van der Waals surface area contributed by atoms with E-state index in [2.05, 4.69) is 47.6 Å². The molecule has 0 fully saturated rings. The molecule has 0 aliphatic heterocycles. The summed E-state index contributed by atoms with van der Waals surface area (Å²) in [6, 6.07) is 11.1. The zero-order chi connectivity index (χ0) is 34.8. The number of carbonyl (C=O) groups is 3. The Kier molecular flexibility index (Phi) is 22.6. The van der Waals surface area contributed by atoms with Crippen molar-refractivity contribution in [3.8, 4) is 5.75 Å². The number of nitrogens with one attached hydrogen (secondary N) is 1. The van der Waals surface area contributed by atoms with Crippen molar-refractivity contribution in [2.45, 2.75) is 155 Å². The van der Waals surface area contributed by atoms with Crippen LogP contribution in [0.1, 0.15) is 146 Å². The number of nitrogens with two attached hydrogens (primary N) is 1. The average molecular weight is 684 g/mol. The van der Waals surface area contributed by atoms with E-state index in [1.54, 1.807) is 0 Å². The summed E-state index contributed by atoms with van der Waals surface area (Å²) in [5.41, 5.74) is 7.68. The minimum Gasteiger partial charge on any atom is -0.426 e. The van der Waals surface area contributed by atoms with Gasteiger partial charge in [0.25, 0.3) is 0 Å². The average Bonchev–Trinajstić information content (AvgIpc) is 3.61. The van der Waals surface area contributed by atoms with E-state index < -0.39 is 0 Å². The molecule has 1 aromatic carbocycles. The number of primary amides is 1. The Morgan fingerprint density at radius 3 is 2.10 bits per heavy atom. The second kappa shape index (κ2) is 26.2. The van der Waals surface area contributed by atoms with Crippen molar-refractivity contribution in [1.82, 2.24) is 10.2 Å². The summed E-state index contributed by atoms with van der Waals surface area (Å²) in [5, 5.41) is 5.08. The number of carbonyl (C=O) groups excluding carboxylic acids is 3. The summed E-state index contributed by atoms with van der Waals surface area (Å²) < 4.78 is 5.55. The minimum atomic E-state index is -0.178. The third kappa shape index (κ3) is 18.2. The molecule has 0 spiro atoms. The number of fused-ring (bicyclic) bond motifs is 1. The van der Waals surface area contributed by atoms with Gasteiger partial charge in [-0.25, -0.2) is 0 Å². The topological polar surface area (TPSA) is 102 Å². The third-order valence-corrected chi connectivity index (χ3v) is 10.0. The Morgan fingerprint density at radius 2 is 1.52 bits per heavy atom. The molecule has 0 radical (unpaired) electrons. The molecule has 1 aliphatic carbocycles. The quantitative estimate of drug-likeness (QED) is 0.0654. The second-order valence-corrected chi connectivity index (χ2v) is 14.2. The lowest BCUT2D eigenvalue weighted by atomic mass is 9.86. The predicted octanol–water partition coefficient (Wildman–Crippen LogP) is 8.94. The number of amides is 2. The molecule has 0 unspecified atom stereocenters.